The van der Waals surface area contributed by atoms with E-state index in [1.165, 1.54) is 4.90 Å². The van der Waals surface area contributed by atoms with Crippen molar-refractivity contribution in [1.29, 1.82) is 0 Å². The van der Waals surface area contributed by atoms with Crippen molar-refractivity contribution in [2.75, 3.05) is 24.5 Å². The van der Waals surface area contributed by atoms with E-state index in [1.807, 2.05) is 48.5 Å². The Balaban J connectivity index is 1.79. The third-order valence-electron chi connectivity index (χ3n) is 4.57. The standard InChI is InChI=1S/C21H25N3O3/c1-16-21(26)24(18-10-5-6-11-19(18)27-16)15-20(25)23(13-7-12-22)14-17-8-3-2-4-9-17/h2-6,8-11,16H,7,12-15,22H2,1H3. The number of carbonyl (C=O) groups is 2. The van der Waals surface area contributed by atoms with Gasteiger partial charge >= 0.3 is 0 Å². The van der Waals surface area contributed by atoms with Gasteiger partial charge in [-0.1, -0.05) is 42.5 Å². The lowest BCUT2D eigenvalue weighted by molar-refractivity contribution is -0.133. The van der Waals surface area contributed by atoms with Gasteiger partial charge in [0, 0.05) is 13.1 Å². The molecule has 1 aliphatic heterocycles. The van der Waals surface area contributed by atoms with Crippen molar-refractivity contribution in [3.8, 4) is 5.75 Å². The second-order valence-electron chi connectivity index (χ2n) is 6.60. The van der Waals surface area contributed by atoms with E-state index in [0.717, 1.165) is 5.56 Å². The lowest BCUT2D eigenvalue weighted by atomic mass is 10.1. The topological polar surface area (TPSA) is 75.9 Å². The minimum atomic E-state index is -0.612. The maximum Gasteiger partial charge on any atom is 0.268 e. The first-order valence-electron chi connectivity index (χ1n) is 9.19. The van der Waals surface area contributed by atoms with Gasteiger partial charge in [-0.2, -0.15) is 0 Å². The Hall–Kier alpha value is -2.86. The second-order valence-corrected chi connectivity index (χ2v) is 6.60. The first-order chi connectivity index (χ1) is 13.1. The number of nitrogens with zero attached hydrogens (tertiary/aromatic N) is 2. The molecule has 142 valence electrons. The summed E-state index contributed by atoms with van der Waals surface area (Å²) in [4.78, 5) is 28.9. The second kappa shape index (κ2) is 8.68. The molecule has 0 saturated heterocycles. The SMILES string of the molecule is CC1Oc2ccccc2N(CC(=O)N(CCCN)Cc2ccccc2)C1=O. The van der Waals surface area contributed by atoms with Gasteiger partial charge < -0.3 is 15.4 Å². The van der Waals surface area contributed by atoms with Gasteiger partial charge in [-0.25, -0.2) is 0 Å². The molecule has 1 aliphatic rings. The fourth-order valence-electron chi connectivity index (χ4n) is 3.14. The Labute approximate surface area is 159 Å². The minimum absolute atomic E-state index is 0.0129. The number of para-hydroxylation sites is 2. The van der Waals surface area contributed by atoms with E-state index >= 15 is 0 Å². The van der Waals surface area contributed by atoms with E-state index in [1.54, 1.807) is 17.9 Å². The van der Waals surface area contributed by atoms with Gasteiger partial charge in [0.2, 0.25) is 5.91 Å². The molecule has 2 aromatic rings. The first-order valence-corrected chi connectivity index (χ1v) is 9.19. The van der Waals surface area contributed by atoms with E-state index < -0.39 is 6.10 Å². The number of ether oxygens (including phenoxy) is 1. The molecule has 0 spiro atoms. The number of hydrogen-bond donors (Lipinski definition) is 1. The fraction of sp³-hybridized carbons (Fsp3) is 0.333. The highest BCUT2D eigenvalue weighted by molar-refractivity contribution is 6.03. The molecule has 6 nitrogen and oxygen atoms in total. The Bertz CT molecular complexity index is 794. The molecule has 2 amide bonds. The highest BCUT2D eigenvalue weighted by Gasteiger charge is 2.33. The van der Waals surface area contributed by atoms with Crippen LogP contribution in [0.3, 0.4) is 0 Å². The monoisotopic (exact) mass is 367 g/mol. The van der Waals surface area contributed by atoms with Gasteiger partial charge in [-0.3, -0.25) is 14.5 Å². The van der Waals surface area contributed by atoms with Crippen LogP contribution in [-0.4, -0.2) is 42.5 Å². The predicted octanol–water partition coefficient (Wildman–Crippen LogP) is 2.18. The van der Waals surface area contributed by atoms with Crippen LogP contribution in [0.25, 0.3) is 0 Å². The average molecular weight is 367 g/mol. The molecule has 1 atom stereocenters. The van der Waals surface area contributed by atoms with Gasteiger partial charge in [-0.05, 0) is 37.6 Å². The average Bonchev–Trinajstić information content (AvgIpc) is 2.69. The minimum Gasteiger partial charge on any atom is -0.479 e. The smallest absolute Gasteiger partial charge is 0.268 e. The molecule has 0 saturated carbocycles. The van der Waals surface area contributed by atoms with E-state index in [2.05, 4.69) is 0 Å². The molecule has 2 aromatic carbocycles. The summed E-state index contributed by atoms with van der Waals surface area (Å²) in [6.45, 7) is 3.25. The third-order valence-corrected chi connectivity index (χ3v) is 4.57. The Morgan fingerprint density at radius 3 is 2.59 bits per heavy atom. The summed E-state index contributed by atoms with van der Waals surface area (Å²) < 4.78 is 5.64. The molecular formula is C21H25N3O3. The van der Waals surface area contributed by atoms with Crippen molar-refractivity contribution in [3.05, 3.63) is 60.2 Å². The van der Waals surface area contributed by atoms with Gasteiger partial charge in [0.1, 0.15) is 12.3 Å². The summed E-state index contributed by atoms with van der Waals surface area (Å²) >= 11 is 0. The molecule has 3 rings (SSSR count). The Morgan fingerprint density at radius 1 is 1.15 bits per heavy atom. The molecule has 6 heteroatoms. The molecule has 0 aliphatic carbocycles. The van der Waals surface area contributed by atoms with Crippen molar-refractivity contribution in [2.45, 2.75) is 26.0 Å². The van der Waals surface area contributed by atoms with Crippen LogP contribution in [0.2, 0.25) is 0 Å². The predicted molar refractivity (Wildman–Crippen MR) is 104 cm³/mol. The molecular weight excluding hydrogens is 342 g/mol. The van der Waals surface area contributed by atoms with Crippen molar-refractivity contribution in [2.24, 2.45) is 5.73 Å². The number of rotatable bonds is 7. The van der Waals surface area contributed by atoms with Crippen LogP contribution in [0.1, 0.15) is 18.9 Å². The maximum atomic E-state index is 13.0. The van der Waals surface area contributed by atoms with Gasteiger partial charge in [-0.15, -0.1) is 0 Å². The number of carbonyl (C=O) groups excluding carboxylic acids is 2. The highest BCUT2D eigenvalue weighted by atomic mass is 16.5. The third kappa shape index (κ3) is 4.46. The van der Waals surface area contributed by atoms with Crippen molar-refractivity contribution < 1.29 is 14.3 Å². The molecule has 1 heterocycles. The summed E-state index contributed by atoms with van der Waals surface area (Å²) in [5.41, 5.74) is 7.32. The summed E-state index contributed by atoms with van der Waals surface area (Å²) in [5.74, 6) is 0.305. The quantitative estimate of drug-likeness (QED) is 0.814. The summed E-state index contributed by atoms with van der Waals surface area (Å²) in [5, 5.41) is 0. The zero-order chi connectivity index (χ0) is 19.2. The number of anilines is 1. The largest absolute Gasteiger partial charge is 0.479 e. The Kier molecular flexibility index (Phi) is 6.08. The van der Waals surface area contributed by atoms with Gasteiger partial charge in [0.05, 0.1) is 5.69 Å². The zero-order valence-corrected chi connectivity index (χ0v) is 15.5. The van der Waals surface area contributed by atoms with Crippen molar-refractivity contribution >= 4 is 17.5 Å². The van der Waals surface area contributed by atoms with Gasteiger partial charge in [0.15, 0.2) is 6.10 Å². The number of amides is 2. The highest BCUT2D eigenvalue weighted by Crippen LogP contribution is 2.33. The molecule has 1 unspecified atom stereocenters. The first kappa shape index (κ1) is 18.9. The maximum absolute atomic E-state index is 13.0. The molecule has 0 aromatic heterocycles. The van der Waals surface area contributed by atoms with Crippen LogP contribution in [0.4, 0.5) is 5.69 Å². The van der Waals surface area contributed by atoms with Crippen molar-refractivity contribution in [1.82, 2.24) is 4.90 Å². The van der Waals surface area contributed by atoms with Crippen LogP contribution in [0.15, 0.2) is 54.6 Å². The number of hydrogen-bond acceptors (Lipinski definition) is 4. The van der Waals surface area contributed by atoms with E-state index in [9.17, 15) is 9.59 Å². The van der Waals surface area contributed by atoms with Crippen LogP contribution < -0.4 is 15.4 Å². The number of fused-ring (bicyclic) bond motifs is 1. The summed E-state index contributed by atoms with van der Waals surface area (Å²) in [6, 6.07) is 17.1. The van der Waals surface area contributed by atoms with Crippen LogP contribution in [-0.2, 0) is 16.1 Å². The van der Waals surface area contributed by atoms with Gasteiger partial charge in [0.25, 0.3) is 5.91 Å². The molecule has 0 radical (unpaired) electrons. The lowest BCUT2D eigenvalue weighted by Gasteiger charge is -2.34. The normalized spacial score (nSPS) is 15.9. The fourth-order valence-corrected chi connectivity index (χ4v) is 3.14. The van der Waals surface area contributed by atoms with Crippen LogP contribution >= 0.6 is 0 Å². The van der Waals surface area contributed by atoms with E-state index in [0.29, 0.717) is 37.5 Å². The number of benzene rings is 2. The van der Waals surface area contributed by atoms with E-state index in [4.69, 9.17) is 10.5 Å². The van der Waals surface area contributed by atoms with Crippen molar-refractivity contribution in [3.63, 3.8) is 0 Å². The molecule has 0 fully saturated rings. The Morgan fingerprint density at radius 2 is 1.85 bits per heavy atom. The molecule has 0 bridgehead atoms. The number of nitrogens with two attached hydrogens (primary N) is 1. The lowest BCUT2D eigenvalue weighted by Crippen LogP contribution is -2.49. The zero-order valence-electron chi connectivity index (χ0n) is 15.5. The summed E-state index contributed by atoms with van der Waals surface area (Å²) in [7, 11) is 0. The molecule has 27 heavy (non-hydrogen) atoms. The van der Waals surface area contributed by atoms with Crippen LogP contribution in [0.5, 0.6) is 5.75 Å². The molecule has 2 N–H and O–H groups in total. The van der Waals surface area contributed by atoms with E-state index in [-0.39, 0.29) is 18.4 Å². The van der Waals surface area contributed by atoms with Crippen LogP contribution in [0, 0.1) is 0 Å². The summed E-state index contributed by atoms with van der Waals surface area (Å²) in [6.07, 6.45) is 0.0992.